The molecular weight excluding hydrogens is 232 g/mol. The largest absolute Gasteiger partial charge is 0.454 e. The summed E-state index contributed by atoms with van der Waals surface area (Å²) in [7, 11) is 0. The first-order valence-electron chi connectivity index (χ1n) is 6.12. The van der Waals surface area contributed by atoms with E-state index in [1.54, 1.807) is 0 Å². The molecule has 0 aromatic heterocycles. The van der Waals surface area contributed by atoms with Gasteiger partial charge in [0.2, 0.25) is 12.7 Å². The molecule has 5 nitrogen and oxygen atoms in total. The van der Waals surface area contributed by atoms with Crippen molar-refractivity contribution in [1.29, 1.82) is 0 Å². The minimum atomic E-state index is 0.183. The molecule has 0 bridgehead atoms. The Kier molecular flexibility index (Phi) is 2.83. The van der Waals surface area contributed by atoms with Gasteiger partial charge in [-0.15, -0.1) is 0 Å². The van der Waals surface area contributed by atoms with Crippen molar-refractivity contribution < 1.29 is 14.3 Å². The van der Waals surface area contributed by atoms with Gasteiger partial charge in [0.25, 0.3) is 0 Å². The van der Waals surface area contributed by atoms with Crippen molar-refractivity contribution in [2.24, 2.45) is 11.7 Å². The number of carbonyl (C=O) groups is 1. The lowest BCUT2D eigenvalue weighted by atomic mass is 10.1. The average Bonchev–Trinajstić information content (AvgIpc) is 2.96. The van der Waals surface area contributed by atoms with Crippen LogP contribution in [0.1, 0.15) is 12.0 Å². The predicted octanol–water partition coefficient (Wildman–Crippen LogP) is 0.722. The zero-order chi connectivity index (χ0) is 12.5. The lowest BCUT2D eigenvalue weighted by molar-refractivity contribution is -0.128. The fourth-order valence-electron chi connectivity index (χ4n) is 2.42. The first-order chi connectivity index (χ1) is 8.76. The van der Waals surface area contributed by atoms with Crippen molar-refractivity contribution in [2.45, 2.75) is 13.0 Å². The second kappa shape index (κ2) is 4.49. The van der Waals surface area contributed by atoms with Gasteiger partial charge in [-0.3, -0.25) is 4.79 Å². The molecule has 96 valence electrons. The number of rotatable bonds is 3. The second-order valence-electron chi connectivity index (χ2n) is 4.77. The number of benzene rings is 1. The van der Waals surface area contributed by atoms with E-state index in [1.165, 1.54) is 0 Å². The van der Waals surface area contributed by atoms with E-state index in [4.69, 9.17) is 15.2 Å². The van der Waals surface area contributed by atoms with E-state index in [-0.39, 0.29) is 12.7 Å². The van der Waals surface area contributed by atoms with Crippen LogP contribution in [0.4, 0.5) is 0 Å². The normalized spacial score (nSPS) is 21.7. The average molecular weight is 248 g/mol. The molecule has 1 amide bonds. The molecule has 1 atom stereocenters. The third-order valence-corrected chi connectivity index (χ3v) is 3.44. The Bertz CT molecular complexity index is 475. The Hall–Kier alpha value is -1.75. The standard InChI is InChI=1S/C13H16N2O3/c14-5-10-4-13(16)15(7-10)6-9-1-2-11-12(3-9)18-8-17-11/h1-3,10H,4-8,14H2. The van der Waals surface area contributed by atoms with Crippen LogP contribution in [0.25, 0.3) is 0 Å². The van der Waals surface area contributed by atoms with E-state index in [2.05, 4.69) is 0 Å². The van der Waals surface area contributed by atoms with Crippen LogP contribution in [0, 0.1) is 5.92 Å². The highest BCUT2D eigenvalue weighted by Gasteiger charge is 2.28. The third-order valence-electron chi connectivity index (χ3n) is 3.44. The summed E-state index contributed by atoms with van der Waals surface area (Å²) >= 11 is 0. The Morgan fingerprint density at radius 1 is 1.33 bits per heavy atom. The van der Waals surface area contributed by atoms with Gasteiger partial charge < -0.3 is 20.1 Å². The number of amides is 1. The lowest BCUT2D eigenvalue weighted by Gasteiger charge is -2.16. The van der Waals surface area contributed by atoms with E-state index in [0.29, 0.717) is 25.4 Å². The fourth-order valence-corrected chi connectivity index (χ4v) is 2.42. The lowest BCUT2D eigenvalue weighted by Crippen LogP contribution is -2.25. The number of fused-ring (bicyclic) bond motifs is 1. The number of nitrogens with two attached hydrogens (primary N) is 1. The van der Waals surface area contributed by atoms with Crippen molar-refractivity contribution in [3.63, 3.8) is 0 Å². The summed E-state index contributed by atoms with van der Waals surface area (Å²) < 4.78 is 10.6. The van der Waals surface area contributed by atoms with Crippen LogP contribution in [0.3, 0.4) is 0 Å². The molecule has 1 unspecified atom stereocenters. The second-order valence-corrected chi connectivity index (χ2v) is 4.77. The van der Waals surface area contributed by atoms with Gasteiger partial charge in [0.15, 0.2) is 11.5 Å². The number of hydrogen-bond donors (Lipinski definition) is 1. The molecule has 1 saturated heterocycles. The topological polar surface area (TPSA) is 64.8 Å². The van der Waals surface area contributed by atoms with Crippen LogP contribution in [-0.4, -0.2) is 30.7 Å². The summed E-state index contributed by atoms with van der Waals surface area (Å²) in [5.41, 5.74) is 6.67. The first-order valence-corrected chi connectivity index (χ1v) is 6.12. The minimum Gasteiger partial charge on any atom is -0.454 e. The number of likely N-dealkylation sites (tertiary alicyclic amines) is 1. The smallest absolute Gasteiger partial charge is 0.231 e. The van der Waals surface area contributed by atoms with Gasteiger partial charge >= 0.3 is 0 Å². The van der Waals surface area contributed by atoms with Gasteiger partial charge in [-0.1, -0.05) is 6.07 Å². The summed E-state index contributed by atoms with van der Waals surface area (Å²) in [4.78, 5) is 13.7. The zero-order valence-corrected chi connectivity index (χ0v) is 10.1. The Labute approximate surface area is 105 Å². The molecule has 0 saturated carbocycles. The Morgan fingerprint density at radius 2 is 2.17 bits per heavy atom. The number of nitrogens with zero attached hydrogens (tertiary/aromatic N) is 1. The van der Waals surface area contributed by atoms with Crippen LogP contribution in [0.15, 0.2) is 18.2 Å². The maximum absolute atomic E-state index is 11.8. The molecule has 2 aliphatic heterocycles. The molecule has 0 aliphatic carbocycles. The van der Waals surface area contributed by atoms with Crippen molar-refractivity contribution in [3.05, 3.63) is 23.8 Å². The molecule has 1 aromatic carbocycles. The van der Waals surface area contributed by atoms with E-state index in [1.807, 2.05) is 23.1 Å². The van der Waals surface area contributed by atoms with E-state index >= 15 is 0 Å². The van der Waals surface area contributed by atoms with Crippen molar-refractivity contribution in [1.82, 2.24) is 4.90 Å². The summed E-state index contributed by atoms with van der Waals surface area (Å²) in [5, 5.41) is 0. The van der Waals surface area contributed by atoms with Crippen molar-refractivity contribution in [3.8, 4) is 11.5 Å². The summed E-state index contributed by atoms with van der Waals surface area (Å²) in [6.07, 6.45) is 0.570. The predicted molar refractivity (Wildman–Crippen MR) is 65.1 cm³/mol. The molecule has 2 heterocycles. The summed E-state index contributed by atoms with van der Waals surface area (Å²) in [6, 6.07) is 5.79. The monoisotopic (exact) mass is 248 g/mol. The number of ether oxygens (including phenoxy) is 2. The van der Waals surface area contributed by atoms with Gasteiger partial charge in [0.1, 0.15) is 0 Å². The minimum absolute atomic E-state index is 0.183. The highest BCUT2D eigenvalue weighted by atomic mass is 16.7. The molecule has 1 aromatic rings. The molecule has 0 radical (unpaired) electrons. The van der Waals surface area contributed by atoms with Crippen LogP contribution in [-0.2, 0) is 11.3 Å². The third kappa shape index (κ3) is 2.01. The van der Waals surface area contributed by atoms with Crippen LogP contribution < -0.4 is 15.2 Å². The molecule has 0 spiro atoms. The Balaban J connectivity index is 1.71. The van der Waals surface area contributed by atoms with Gasteiger partial charge in [0.05, 0.1) is 0 Å². The molecule has 1 fully saturated rings. The molecule has 2 aliphatic rings. The quantitative estimate of drug-likeness (QED) is 0.856. The van der Waals surface area contributed by atoms with Crippen LogP contribution >= 0.6 is 0 Å². The van der Waals surface area contributed by atoms with Crippen LogP contribution in [0.2, 0.25) is 0 Å². The van der Waals surface area contributed by atoms with E-state index in [0.717, 1.165) is 23.6 Å². The Morgan fingerprint density at radius 3 is 2.94 bits per heavy atom. The molecule has 2 N–H and O–H groups in total. The van der Waals surface area contributed by atoms with E-state index in [9.17, 15) is 4.79 Å². The summed E-state index contributed by atoms with van der Waals surface area (Å²) in [6.45, 7) is 2.22. The number of hydrogen-bond acceptors (Lipinski definition) is 4. The zero-order valence-electron chi connectivity index (χ0n) is 10.1. The van der Waals surface area contributed by atoms with E-state index < -0.39 is 0 Å². The first kappa shape index (κ1) is 11.3. The van der Waals surface area contributed by atoms with Crippen molar-refractivity contribution in [2.75, 3.05) is 19.9 Å². The van der Waals surface area contributed by atoms with Gasteiger partial charge in [-0.25, -0.2) is 0 Å². The fraction of sp³-hybridized carbons (Fsp3) is 0.462. The van der Waals surface area contributed by atoms with Gasteiger partial charge in [0, 0.05) is 19.5 Å². The molecular formula is C13H16N2O3. The molecule has 3 rings (SSSR count). The van der Waals surface area contributed by atoms with Crippen molar-refractivity contribution >= 4 is 5.91 Å². The molecule has 18 heavy (non-hydrogen) atoms. The highest BCUT2D eigenvalue weighted by molar-refractivity contribution is 5.78. The van der Waals surface area contributed by atoms with Crippen LogP contribution in [0.5, 0.6) is 11.5 Å². The number of carbonyl (C=O) groups excluding carboxylic acids is 1. The highest BCUT2D eigenvalue weighted by Crippen LogP contribution is 2.33. The molecule has 5 heteroatoms. The maximum atomic E-state index is 11.8. The maximum Gasteiger partial charge on any atom is 0.231 e. The van der Waals surface area contributed by atoms with Gasteiger partial charge in [-0.05, 0) is 30.2 Å². The summed E-state index contributed by atoms with van der Waals surface area (Å²) in [5.74, 6) is 2.01. The SMILES string of the molecule is NCC1CC(=O)N(Cc2ccc3c(c2)OCO3)C1. The van der Waals surface area contributed by atoms with Gasteiger partial charge in [-0.2, -0.15) is 0 Å².